The molecule has 2 unspecified atom stereocenters. The highest BCUT2D eigenvalue weighted by Gasteiger charge is 2.79. The fraction of sp³-hybridized carbons (Fsp3) is 0.424. The van der Waals surface area contributed by atoms with Crippen molar-refractivity contribution >= 4 is 34.2 Å². The summed E-state index contributed by atoms with van der Waals surface area (Å²) in [6.07, 6.45) is 2.10. The number of hydrogen-bond donors (Lipinski definition) is 3. The predicted molar refractivity (Wildman–Crippen MR) is 156 cm³/mol. The lowest BCUT2D eigenvalue weighted by Gasteiger charge is -2.37. The van der Waals surface area contributed by atoms with Gasteiger partial charge in [-0.15, -0.1) is 0 Å². The number of likely N-dealkylation sites (tertiary alicyclic amines) is 1. The molecule has 3 aliphatic heterocycles. The van der Waals surface area contributed by atoms with Crippen LogP contribution in [0, 0.1) is 11.8 Å². The van der Waals surface area contributed by atoms with E-state index in [0.29, 0.717) is 37.9 Å². The summed E-state index contributed by atoms with van der Waals surface area (Å²) in [6, 6.07) is 21.7. The van der Waals surface area contributed by atoms with Crippen LogP contribution in [0.5, 0.6) is 0 Å². The fourth-order valence-electron chi connectivity index (χ4n) is 7.53. The molecule has 6 rings (SSSR count). The van der Waals surface area contributed by atoms with Crippen molar-refractivity contribution in [3.05, 3.63) is 78.4 Å². The Kier molecular flexibility index (Phi) is 7.08. The standard InChI is InChI=1S/C33H37N3O5/c1-3-25(20-37)36-28(30(39)35-24-15-14-22-12-8-9-13-23(22)18-24)33-17-16-32(4-2,41-33)26(27(33)31(36)40)29(38)34-19-21-10-6-5-7-11-21/h5-15,18,25-28,37H,3-4,16-17,19-20H2,1-2H3,(H,34,38)(H,35,39)/t25-,26-,27-,28?,32+,33?/m0/s1. The second-order valence-electron chi connectivity index (χ2n) is 11.6. The summed E-state index contributed by atoms with van der Waals surface area (Å²) in [6.45, 7) is 3.92. The highest BCUT2D eigenvalue weighted by Crippen LogP contribution is 2.64. The Balaban J connectivity index is 1.35. The summed E-state index contributed by atoms with van der Waals surface area (Å²) in [7, 11) is 0. The van der Waals surface area contributed by atoms with Crippen LogP contribution < -0.4 is 10.6 Å². The van der Waals surface area contributed by atoms with Gasteiger partial charge in [0.05, 0.1) is 30.1 Å². The second kappa shape index (κ2) is 10.6. The second-order valence-corrected chi connectivity index (χ2v) is 11.6. The average Bonchev–Trinajstić information content (AvgIpc) is 3.61. The first-order valence-corrected chi connectivity index (χ1v) is 14.6. The lowest BCUT2D eigenvalue weighted by Crippen LogP contribution is -2.56. The quantitative estimate of drug-likeness (QED) is 0.370. The normalized spacial score (nSPS) is 29.0. The van der Waals surface area contributed by atoms with Crippen LogP contribution in [0.25, 0.3) is 10.8 Å². The first kappa shape index (κ1) is 27.4. The number of rotatable bonds is 9. The average molecular weight is 556 g/mol. The van der Waals surface area contributed by atoms with E-state index in [1.165, 1.54) is 4.90 Å². The van der Waals surface area contributed by atoms with Gasteiger partial charge in [0, 0.05) is 12.2 Å². The van der Waals surface area contributed by atoms with Crippen molar-refractivity contribution in [2.75, 3.05) is 11.9 Å². The molecule has 0 saturated carbocycles. The van der Waals surface area contributed by atoms with Crippen LogP contribution in [0.1, 0.15) is 45.1 Å². The van der Waals surface area contributed by atoms with Crippen molar-refractivity contribution in [3.63, 3.8) is 0 Å². The molecule has 3 N–H and O–H groups in total. The van der Waals surface area contributed by atoms with E-state index in [9.17, 15) is 19.5 Å². The molecule has 3 fully saturated rings. The Bertz CT molecular complexity index is 1470. The van der Waals surface area contributed by atoms with Gasteiger partial charge >= 0.3 is 0 Å². The molecular weight excluding hydrogens is 518 g/mol. The molecule has 3 aliphatic rings. The van der Waals surface area contributed by atoms with Crippen molar-refractivity contribution in [2.45, 2.75) is 69.4 Å². The Morgan fingerprint density at radius 1 is 1.00 bits per heavy atom. The SMILES string of the molecule is CC[C@@H](CO)N1C(=O)[C@@H]2[C@@H](C(=O)NCc3ccccc3)[C@@]3(CC)CCC2(O3)C1C(=O)Nc1ccc2ccccc2c1. The maximum atomic E-state index is 14.3. The minimum Gasteiger partial charge on any atom is -0.394 e. The number of fused-ring (bicyclic) bond motifs is 2. The molecule has 3 saturated heterocycles. The number of carbonyl (C=O) groups excluding carboxylic acids is 3. The molecule has 8 heteroatoms. The Hall–Kier alpha value is -3.75. The van der Waals surface area contributed by atoms with Gasteiger partial charge in [-0.3, -0.25) is 14.4 Å². The molecule has 3 heterocycles. The molecule has 0 aromatic heterocycles. The zero-order valence-electron chi connectivity index (χ0n) is 23.5. The van der Waals surface area contributed by atoms with Gasteiger partial charge in [0.1, 0.15) is 11.6 Å². The van der Waals surface area contributed by atoms with Gasteiger partial charge in [0.25, 0.3) is 0 Å². The third-order valence-corrected chi connectivity index (χ3v) is 9.55. The zero-order valence-corrected chi connectivity index (χ0v) is 23.5. The van der Waals surface area contributed by atoms with Crippen molar-refractivity contribution in [1.29, 1.82) is 0 Å². The number of ether oxygens (including phenoxy) is 1. The molecule has 8 nitrogen and oxygen atoms in total. The number of carbonyl (C=O) groups is 3. The maximum absolute atomic E-state index is 14.3. The number of nitrogens with one attached hydrogen (secondary N) is 2. The van der Waals surface area contributed by atoms with E-state index in [4.69, 9.17) is 4.74 Å². The monoisotopic (exact) mass is 555 g/mol. The van der Waals surface area contributed by atoms with Crippen LogP contribution in [0.4, 0.5) is 5.69 Å². The minimum atomic E-state index is -1.15. The Morgan fingerprint density at radius 3 is 2.44 bits per heavy atom. The van der Waals surface area contributed by atoms with E-state index < -0.39 is 35.1 Å². The largest absolute Gasteiger partial charge is 0.394 e. The fourth-order valence-corrected chi connectivity index (χ4v) is 7.53. The van der Waals surface area contributed by atoms with Crippen LogP contribution in [-0.2, 0) is 25.7 Å². The molecule has 3 aromatic carbocycles. The van der Waals surface area contributed by atoms with Crippen molar-refractivity contribution < 1.29 is 24.2 Å². The van der Waals surface area contributed by atoms with E-state index in [0.717, 1.165) is 16.3 Å². The molecule has 3 amide bonds. The van der Waals surface area contributed by atoms with Crippen LogP contribution in [-0.4, -0.2) is 57.6 Å². The number of amides is 3. The smallest absolute Gasteiger partial charge is 0.250 e. The van der Waals surface area contributed by atoms with Crippen molar-refractivity contribution in [2.24, 2.45) is 11.8 Å². The zero-order chi connectivity index (χ0) is 28.8. The van der Waals surface area contributed by atoms with E-state index in [-0.39, 0.29) is 24.3 Å². The summed E-state index contributed by atoms with van der Waals surface area (Å²) in [5.74, 6) is -2.42. The van der Waals surface area contributed by atoms with E-state index >= 15 is 0 Å². The molecule has 3 aromatic rings. The topological polar surface area (TPSA) is 108 Å². The summed E-state index contributed by atoms with van der Waals surface area (Å²) >= 11 is 0. The molecule has 0 radical (unpaired) electrons. The van der Waals surface area contributed by atoms with Crippen molar-refractivity contribution in [1.82, 2.24) is 10.2 Å². The number of benzene rings is 3. The highest BCUT2D eigenvalue weighted by molar-refractivity contribution is 6.04. The van der Waals surface area contributed by atoms with Crippen LogP contribution >= 0.6 is 0 Å². The Morgan fingerprint density at radius 2 is 1.73 bits per heavy atom. The first-order chi connectivity index (χ1) is 19.9. The third-order valence-electron chi connectivity index (χ3n) is 9.55. The number of anilines is 1. The molecule has 1 spiro atoms. The summed E-state index contributed by atoms with van der Waals surface area (Å²) in [4.78, 5) is 43.8. The van der Waals surface area contributed by atoms with Crippen molar-refractivity contribution in [3.8, 4) is 0 Å². The van der Waals surface area contributed by atoms with Crippen LogP contribution in [0.15, 0.2) is 72.8 Å². The van der Waals surface area contributed by atoms with E-state index in [1.807, 2.05) is 86.6 Å². The first-order valence-electron chi connectivity index (χ1n) is 14.6. The minimum absolute atomic E-state index is 0.233. The van der Waals surface area contributed by atoms with E-state index in [2.05, 4.69) is 10.6 Å². The lowest BCUT2D eigenvalue weighted by molar-refractivity contribution is -0.149. The number of aliphatic hydroxyl groups is 1. The van der Waals surface area contributed by atoms with E-state index in [1.54, 1.807) is 0 Å². The maximum Gasteiger partial charge on any atom is 0.250 e. The molecule has 41 heavy (non-hydrogen) atoms. The van der Waals surface area contributed by atoms with Gasteiger partial charge in [-0.1, -0.05) is 74.5 Å². The number of aliphatic hydroxyl groups excluding tert-OH is 1. The Labute approximate surface area is 240 Å². The molecule has 6 atom stereocenters. The highest BCUT2D eigenvalue weighted by atomic mass is 16.5. The van der Waals surface area contributed by atoms with Gasteiger partial charge in [0.15, 0.2) is 0 Å². The van der Waals surface area contributed by atoms with Gasteiger partial charge in [-0.05, 0) is 54.2 Å². The van der Waals surface area contributed by atoms with Gasteiger partial charge in [-0.25, -0.2) is 0 Å². The van der Waals surface area contributed by atoms with Crippen LogP contribution in [0.2, 0.25) is 0 Å². The van der Waals surface area contributed by atoms with Crippen LogP contribution in [0.3, 0.4) is 0 Å². The summed E-state index contributed by atoms with van der Waals surface area (Å²) in [5.41, 5.74) is -0.391. The van der Waals surface area contributed by atoms with Gasteiger partial charge in [0.2, 0.25) is 17.7 Å². The summed E-state index contributed by atoms with van der Waals surface area (Å²) in [5, 5.41) is 18.4. The molecule has 2 bridgehead atoms. The van der Waals surface area contributed by atoms with Gasteiger partial charge in [-0.2, -0.15) is 0 Å². The molecular formula is C33H37N3O5. The predicted octanol–water partition coefficient (Wildman–Crippen LogP) is 4.02. The molecule has 214 valence electrons. The number of nitrogens with zero attached hydrogens (tertiary/aromatic N) is 1. The summed E-state index contributed by atoms with van der Waals surface area (Å²) < 4.78 is 6.82. The molecule has 0 aliphatic carbocycles. The van der Waals surface area contributed by atoms with Gasteiger partial charge < -0.3 is 25.4 Å². The lowest BCUT2D eigenvalue weighted by atomic mass is 9.65. The number of hydrogen-bond acceptors (Lipinski definition) is 5. The third kappa shape index (κ3) is 4.32.